The zero-order valence-electron chi connectivity index (χ0n) is 13.8. The average Bonchev–Trinajstić information content (AvgIpc) is 3.05. The van der Waals surface area contributed by atoms with Gasteiger partial charge in [-0.25, -0.2) is 9.79 Å². The molecule has 0 bridgehead atoms. The van der Waals surface area contributed by atoms with Gasteiger partial charge < -0.3 is 9.47 Å². The van der Waals surface area contributed by atoms with E-state index in [4.69, 9.17) is 9.47 Å². The molecule has 0 aromatic heterocycles. The van der Waals surface area contributed by atoms with Crippen LogP contribution in [0.25, 0.3) is 6.08 Å². The van der Waals surface area contributed by atoms with Gasteiger partial charge in [0.1, 0.15) is 11.5 Å². The summed E-state index contributed by atoms with van der Waals surface area (Å²) in [6, 6.07) is 26.3. The molecule has 26 heavy (non-hydrogen) atoms. The first-order valence-electron chi connectivity index (χ1n) is 8.19. The number of hydrogen-bond acceptors (Lipinski definition) is 4. The van der Waals surface area contributed by atoms with Gasteiger partial charge in [-0.3, -0.25) is 0 Å². The van der Waals surface area contributed by atoms with Crippen LogP contribution in [0.3, 0.4) is 0 Å². The number of benzene rings is 3. The molecule has 1 aliphatic heterocycles. The third kappa shape index (κ3) is 3.54. The molecule has 0 unspecified atom stereocenters. The van der Waals surface area contributed by atoms with Crippen LogP contribution >= 0.6 is 0 Å². The van der Waals surface area contributed by atoms with Gasteiger partial charge in [0.15, 0.2) is 5.70 Å². The van der Waals surface area contributed by atoms with Crippen LogP contribution in [0.15, 0.2) is 95.6 Å². The van der Waals surface area contributed by atoms with Crippen LogP contribution in [-0.4, -0.2) is 11.9 Å². The highest BCUT2D eigenvalue weighted by Crippen LogP contribution is 2.23. The Balaban J connectivity index is 1.53. The molecule has 0 saturated heterocycles. The maximum Gasteiger partial charge on any atom is 0.363 e. The minimum atomic E-state index is -0.450. The van der Waals surface area contributed by atoms with Crippen LogP contribution < -0.4 is 4.74 Å². The number of rotatable bonds is 4. The van der Waals surface area contributed by atoms with Gasteiger partial charge in [0, 0.05) is 5.56 Å². The topological polar surface area (TPSA) is 47.9 Å². The summed E-state index contributed by atoms with van der Waals surface area (Å²) in [6.45, 7) is 0. The van der Waals surface area contributed by atoms with E-state index in [1.54, 1.807) is 6.08 Å². The summed E-state index contributed by atoms with van der Waals surface area (Å²) < 4.78 is 11.0. The van der Waals surface area contributed by atoms with Gasteiger partial charge in [0.05, 0.1) is 0 Å². The minimum Gasteiger partial charge on any atom is -0.457 e. The van der Waals surface area contributed by atoms with Crippen molar-refractivity contribution in [3.8, 4) is 11.5 Å². The Morgan fingerprint density at radius 3 is 2.08 bits per heavy atom. The number of ether oxygens (including phenoxy) is 2. The fourth-order valence-corrected chi connectivity index (χ4v) is 2.53. The number of aliphatic imine (C=N–C) groups is 1. The van der Waals surface area contributed by atoms with Gasteiger partial charge >= 0.3 is 5.97 Å². The monoisotopic (exact) mass is 341 g/mol. The summed E-state index contributed by atoms with van der Waals surface area (Å²) in [4.78, 5) is 16.3. The Bertz CT molecular complexity index is 975. The van der Waals surface area contributed by atoms with E-state index in [1.165, 1.54) is 0 Å². The van der Waals surface area contributed by atoms with Crippen molar-refractivity contribution >= 4 is 17.9 Å². The van der Waals surface area contributed by atoms with Crippen molar-refractivity contribution in [1.82, 2.24) is 0 Å². The largest absolute Gasteiger partial charge is 0.457 e. The molecule has 0 radical (unpaired) electrons. The molecule has 0 aliphatic carbocycles. The number of para-hydroxylation sites is 1. The number of carbonyl (C=O) groups excluding carboxylic acids is 1. The lowest BCUT2D eigenvalue weighted by atomic mass is 10.2. The molecule has 0 fully saturated rings. The molecule has 4 heteroatoms. The van der Waals surface area contributed by atoms with Gasteiger partial charge in [0.2, 0.25) is 5.90 Å². The van der Waals surface area contributed by atoms with Crippen molar-refractivity contribution in [3.05, 3.63) is 102 Å². The normalized spacial score (nSPS) is 14.8. The Kier molecular flexibility index (Phi) is 4.31. The molecule has 0 spiro atoms. The van der Waals surface area contributed by atoms with Crippen LogP contribution in [0.2, 0.25) is 0 Å². The fourth-order valence-electron chi connectivity index (χ4n) is 2.53. The highest BCUT2D eigenvalue weighted by Gasteiger charge is 2.23. The summed E-state index contributed by atoms with van der Waals surface area (Å²) in [5.41, 5.74) is 1.90. The quantitative estimate of drug-likeness (QED) is 0.505. The molecule has 0 amide bonds. The number of nitrogens with zero attached hydrogens (tertiary/aromatic N) is 1. The van der Waals surface area contributed by atoms with Crippen LogP contribution in [0.1, 0.15) is 11.1 Å². The minimum absolute atomic E-state index is 0.278. The SMILES string of the molecule is O=C1OC(c2ccccc2)=N/C1=C/c1ccc(Oc2ccccc2)cc1. The molecule has 3 aromatic carbocycles. The Morgan fingerprint density at radius 1 is 0.769 bits per heavy atom. The second kappa shape index (κ2) is 7.07. The zero-order chi connectivity index (χ0) is 17.8. The molecule has 0 N–H and O–H groups in total. The van der Waals surface area contributed by atoms with E-state index in [1.807, 2.05) is 84.9 Å². The van der Waals surface area contributed by atoms with E-state index in [0.717, 1.165) is 22.6 Å². The summed E-state index contributed by atoms with van der Waals surface area (Å²) >= 11 is 0. The van der Waals surface area contributed by atoms with E-state index in [2.05, 4.69) is 4.99 Å². The van der Waals surface area contributed by atoms with Crippen molar-refractivity contribution in [2.45, 2.75) is 0 Å². The molecule has 126 valence electrons. The molecule has 0 saturated carbocycles. The Morgan fingerprint density at radius 2 is 1.38 bits per heavy atom. The first-order valence-corrected chi connectivity index (χ1v) is 8.19. The van der Waals surface area contributed by atoms with Gasteiger partial charge in [-0.15, -0.1) is 0 Å². The number of hydrogen-bond donors (Lipinski definition) is 0. The first kappa shape index (κ1) is 15.8. The highest BCUT2D eigenvalue weighted by molar-refractivity contribution is 6.12. The second-order valence-electron chi connectivity index (χ2n) is 5.69. The van der Waals surface area contributed by atoms with Crippen molar-refractivity contribution in [2.24, 2.45) is 4.99 Å². The molecule has 1 aliphatic rings. The van der Waals surface area contributed by atoms with Gasteiger partial charge in [-0.2, -0.15) is 0 Å². The number of esters is 1. The van der Waals surface area contributed by atoms with E-state index in [-0.39, 0.29) is 5.70 Å². The van der Waals surface area contributed by atoms with E-state index in [0.29, 0.717) is 5.90 Å². The molecule has 3 aromatic rings. The average molecular weight is 341 g/mol. The van der Waals surface area contributed by atoms with Crippen LogP contribution in [0.5, 0.6) is 11.5 Å². The van der Waals surface area contributed by atoms with E-state index in [9.17, 15) is 4.79 Å². The van der Waals surface area contributed by atoms with Gasteiger partial charge in [0.25, 0.3) is 0 Å². The van der Waals surface area contributed by atoms with Gasteiger partial charge in [-0.05, 0) is 48.0 Å². The second-order valence-corrected chi connectivity index (χ2v) is 5.69. The molecule has 1 heterocycles. The third-order valence-electron chi connectivity index (χ3n) is 3.80. The highest BCUT2D eigenvalue weighted by atomic mass is 16.6. The molecular formula is C22H15NO3. The third-order valence-corrected chi connectivity index (χ3v) is 3.80. The first-order chi connectivity index (χ1) is 12.8. The standard InChI is InChI=1S/C22H15NO3/c24-22-20(23-21(26-22)17-7-3-1-4-8-17)15-16-11-13-19(14-12-16)25-18-9-5-2-6-10-18/h1-15H/b20-15+. The van der Waals surface area contributed by atoms with E-state index >= 15 is 0 Å². The smallest absolute Gasteiger partial charge is 0.363 e. The predicted octanol–water partition coefficient (Wildman–Crippen LogP) is 4.82. The summed E-state index contributed by atoms with van der Waals surface area (Å²) in [6.07, 6.45) is 1.70. The number of cyclic esters (lactones) is 1. The van der Waals surface area contributed by atoms with Gasteiger partial charge in [-0.1, -0.05) is 48.5 Å². The number of carbonyl (C=O) groups is 1. The van der Waals surface area contributed by atoms with Crippen LogP contribution in [0, 0.1) is 0 Å². The maximum atomic E-state index is 12.0. The lowest BCUT2D eigenvalue weighted by molar-refractivity contribution is -0.129. The molecular weight excluding hydrogens is 326 g/mol. The van der Waals surface area contributed by atoms with Crippen LogP contribution in [0.4, 0.5) is 0 Å². The van der Waals surface area contributed by atoms with Crippen LogP contribution in [-0.2, 0) is 9.53 Å². The van der Waals surface area contributed by atoms with Crippen molar-refractivity contribution in [1.29, 1.82) is 0 Å². The maximum absolute atomic E-state index is 12.0. The lowest BCUT2D eigenvalue weighted by Crippen LogP contribution is -2.04. The zero-order valence-corrected chi connectivity index (χ0v) is 13.8. The summed E-state index contributed by atoms with van der Waals surface area (Å²) in [5, 5.41) is 0. The molecule has 0 atom stereocenters. The molecule has 4 rings (SSSR count). The Hall–Kier alpha value is -3.66. The Labute approximate surface area is 151 Å². The van der Waals surface area contributed by atoms with Crippen molar-refractivity contribution in [2.75, 3.05) is 0 Å². The summed E-state index contributed by atoms with van der Waals surface area (Å²) in [5.74, 6) is 1.37. The lowest BCUT2D eigenvalue weighted by Gasteiger charge is -2.05. The fraction of sp³-hybridized carbons (Fsp3) is 0. The predicted molar refractivity (Wildman–Crippen MR) is 100 cm³/mol. The molecule has 4 nitrogen and oxygen atoms in total. The van der Waals surface area contributed by atoms with E-state index < -0.39 is 5.97 Å². The summed E-state index contributed by atoms with van der Waals surface area (Å²) in [7, 11) is 0. The van der Waals surface area contributed by atoms with Crippen molar-refractivity contribution in [3.63, 3.8) is 0 Å². The van der Waals surface area contributed by atoms with Crippen molar-refractivity contribution < 1.29 is 14.3 Å².